The molecule has 19 heavy (non-hydrogen) atoms. The Morgan fingerprint density at radius 3 is 2.58 bits per heavy atom. The van der Waals surface area contributed by atoms with Crippen LogP contribution in [0.4, 0.5) is 23.2 Å². The maximum Gasteiger partial charge on any atom is 0.363 e. The fraction of sp³-hybridized carbons (Fsp3) is 0.222. The summed E-state index contributed by atoms with van der Waals surface area (Å²) in [6.45, 7) is 0. The molecule has 0 saturated carbocycles. The van der Waals surface area contributed by atoms with E-state index in [4.69, 9.17) is 0 Å². The molecule has 0 fully saturated rings. The number of imidazole rings is 1. The SMILES string of the molecule is O=[N+]([O-])c1cc(Br)cc2[nH]c(C(F)(F)C(F)F)nc12. The van der Waals surface area contributed by atoms with E-state index in [-0.39, 0.29) is 9.99 Å². The van der Waals surface area contributed by atoms with E-state index in [2.05, 4.69) is 20.9 Å². The molecule has 102 valence electrons. The third-order valence-electron chi connectivity index (χ3n) is 2.32. The van der Waals surface area contributed by atoms with Crippen LogP contribution in [0.5, 0.6) is 0 Å². The van der Waals surface area contributed by atoms with Crippen LogP contribution in [0.3, 0.4) is 0 Å². The van der Waals surface area contributed by atoms with Crippen molar-refractivity contribution in [3.63, 3.8) is 0 Å². The minimum Gasteiger partial charge on any atom is -0.336 e. The molecule has 1 aromatic heterocycles. The summed E-state index contributed by atoms with van der Waals surface area (Å²) in [7, 11) is 0. The zero-order valence-electron chi connectivity index (χ0n) is 8.83. The monoisotopic (exact) mass is 341 g/mol. The highest BCUT2D eigenvalue weighted by molar-refractivity contribution is 9.10. The standard InChI is InChI=1S/C9H4BrF4N3O2/c10-3-1-4-6(5(2-3)17(18)19)16-8(15-4)9(13,14)7(11)12/h1-2,7H,(H,15,16). The molecule has 1 N–H and O–H groups in total. The number of aromatic nitrogens is 2. The second-order valence-corrected chi connectivity index (χ2v) is 4.50. The summed E-state index contributed by atoms with van der Waals surface area (Å²) in [6, 6.07) is 2.29. The van der Waals surface area contributed by atoms with Crippen molar-refractivity contribution >= 4 is 32.7 Å². The summed E-state index contributed by atoms with van der Waals surface area (Å²) < 4.78 is 50.9. The largest absolute Gasteiger partial charge is 0.363 e. The number of alkyl halides is 4. The molecule has 0 amide bonds. The van der Waals surface area contributed by atoms with Gasteiger partial charge in [0.1, 0.15) is 0 Å². The van der Waals surface area contributed by atoms with Gasteiger partial charge in [-0.15, -0.1) is 0 Å². The van der Waals surface area contributed by atoms with Crippen LogP contribution in [0, 0.1) is 10.1 Å². The number of fused-ring (bicyclic) bond motifs is 1. The van der Waals surface area contributed by atoms with Crippen molar-refractivity contribution in [1.29, 1.82) is 0 Å². The third-order valence-corrected chi connectivity index (χ3v) is 2.78. The van der Waals surface area contributed by atoms with Crippen molar-refractivity contribution in [3.05, 3.63) is 32.5 Å². The van der Waals surface area contributed by atoms with Gasteiger partial charge in [0, 0.05) is 10.5 Å². The van der Waals surface area contributed by atoms with E-state index in [1.807, 2.05) is 4.98 Å². The predicted octanol–water partition coefficient (Wildman–Crippen LogP) is 3.59. The van der Waals surface area contributed by atoms with Crippen LogP contribution in [-0.2, 0) is 5.92 Å². The van der Waals surface area contributed by atoms with Crippen molar-refractivity contribution < 1.29 is 22.5 Å². The number of nitro benzene ring substituents is 1. The van der Waals surface area contributed by atoms with Gasteiger partial charge in [0.15, 0.2) is 11.3 Å². The Labute approximate surface area is 110 Å². The molecule has 0 aliphatic carbocycles. The van der Waals surface area contributed by atoms with Crippen LogP contribution >= 0.6 is 15.9 Å². The Morgan fingerprint density at radius 1 is 1.42 bits per heavy atom. The smallest absolute Gasteiger partial charge is 0.336 e. The number of hydrogen-bond acceptors (Lipinski definition) is 3. The summed E-state index contributed by atoms with van der Waals surface area (Å²) >= 11 is 2.95. The first-order chi connectivity index (χ1) is 8.73. The number of hydrogen-bond donors (Lipinski definition) is 1. The minimum absolute atomic E-state index is 0.128. The molecule has 0 unspecified atom stereocenters. The van der Waals surface area contributed by atoms with Gasteiger partial charge < -0.3 is 4.98 Å². The number of H-pyrrole nitrogens is 1. The molecule has 0 atom stereocenters. The first kappa shape index (κ1) is 13.7. The van der Waals surface area contributed by atoms with Crippen molar-refractivity contribution in [2.75, 3.05) is 0 Å². The highest BCUT2D eigenvalue weighted by atomic mass is 79.9. The second-order valence-electron chi connectivity index (χ2n) is 3.59. The molecule has 2 aromatic rings. The van der Waals surface area contributed by atoms with Gasteiger partial charge >= 0.3 is 12.3 Å². The van der Waals surface area contributed by atoms with Crippen molar-refractivity contribution in [2.45, 2.75) is 12.3 Å². The lowest BCUT2D eigenvalue weighted by atomic mass is 10.3. The Kier molecular flexibility index (Phi) is 3.20. The summed E-state index contributed by atoms with van der Waals surface area (Å²) in [5.74, 6) is -5.81. The van der Waals surface area contributed by atoms with E-state index >= 15 is 0 Å². The van der Waals surface area contributed by atoms with Gasteiger partial charge in [-0.25, -0.2) is 13.8 Å². The van der Waals surface area contributed by atoms with E-state index in [0.29, 0.717) is 0 Å². The minimum atomic E-state index is -4.50. The maximum absolute atomic E-state index is 13.1. The molecule has 1 heterocycles. The average Bonchev–Trinajstić information content (AvgIpc) is 2.71. The van der Waals surface area contributed by atoms with Gasteiger partial charge in [-0.3, -0.25) is 10.1 Å². The highest BCUT2D eigenvalue weighted by Gasteiger charge is 2.46. The van der Waals surface area contributed by atoms with Crippen molar-refractivity contribution in [3.8, 4) is 0 Å². The molecule has 0 bridgehead atoms. The summed E-state index contributed by atoms with van der Waals surface area (Å²) in [6.07, 6.45) is -3.96. The van der Waals surface area contributed by atoms with E-state index in [0.717, 1.165) is 6.07 Å². The molecule has 0 aliphatic rings. The van der Waals surface area contributed by atoms with Gasteiger partial charge in [0.05, 0.1) is 10.4 Å². The van der Waals surface area contributed by atoms with Gasteiger partial charge in [-0.2, -0.15) is 8.78 Å². The number of aromatic amines is 1. The number of non-ortho nitro benzene ring substituents is 1. The zero-order valence-corrected chi connectivity index (χ0v) is 10.4. The Balaban J connectivity index is 2.70. The Morgan fingerprint density at radius 2 is 2.05 bits per heavy atom. The molecule has 2 rings (SSSR count). The number of nitro groups is 1. The van der Waals surface area contributed by atoms with Crippen molar-refractivity contribution in [1.82, 2.24) is 9.97 Å². The quantitative estimate of drug-likeness (QED) is 0.526. The van der Waals surface area contributed by atoms with E-state index in [9.17, 15) is 27.7 Å². The lowest BCUT2D eigenvalue weighted by Crippen LogP contribution is -2.25. The fourth-order valence-corrected chi connectivity index (χ4v) is 1.91. The number of halogens is 5. The zero-order chi connectivity index (χ0) is 14.4. The van der Waals surface area contributed by atoms with Gasteiger partial charge in [-0.1, -0.05) is 15.9 Å². The lowest BCUT2D eigenvalue weighted by Gasteiger charge is -2.11. The molecule has 0 aliphatic heterocycles. The van der Waals surface area contributed by atoms with Crippen LogP contribution in [0.1, 0.15) is 5.82 Å². The molecule has 10 heteroatoms. The molecule has 0 saturated heterocycles. The summed E-state index contributed by atoms with van der Waals surface area (Å²) in [4.78, 5) is 15.1. The van der Waals surface area contributed by atoms with Crippen LogP contribution < -0.4 is 0 Å². The van der Waals surface area contributed by atoms with Crippen LogP contribution in [0.15, 0.2) is 16.6 Å². The molecular weight excluding hydrogens is 338 g/mol. The third kappa shape index (κ3) is 2.27. The molecule has 5 nitrogen and oxygen atoms in total. The predicted molar refractivity (Wildman–Crippen MR) is 60.3 cm³/mol. The second kappa shape index (κ2) is 4.44. The Hall–Kier alpha value is -1.71. The number of benzene rings is 1. The molecule has 0 radical (unpaired) electrons. The van der Waals surface area contributed by atoms with Crippen LogP contribution in [0.25, 0.3) is 11.0 Å². The lowest BCUT2D eigenvalue weighted by molar-refractivity contribution is -0.383. The van der Waals surface area contributed by atoms with E-state index in [1.54, 1.807) is 0 Å². The number of rotatable bonds is 3. The van der Waals surface area contributed by atoms with Crippen molar-refractivity contribution in [2.24, 2.45) is 0 Å². The molecule has 0 spiro atoms. The highest BCUT2D eigenvalue weighted by Crippen LogP contribution is 2.36. The first-order valence-electron chi connectivity index (χ1n) is 4.73. The first-order valence-corrected chi connectivity index (χ1v) is 5.53. The van der Waals surface area contributed by atoms with Crippen LogP contribution in [-0.4, -0.2) is 21.3 Å². The topological polar surface area (TPSA) is 71.8 Å². The van der Waals surface area contributed by atoms with E-state index < -0.39 is 34.3 Å². The number of nitrogens with zero attached hydrogens (tertiary/aromatic N) is 2. The summed E-state index contributed by atoms with van der Waals surface area (Å²) in [5.41, 5.74) is -1.09. The van der Waals surface area contributed by atoms with Gasteiger partial charge in [0.2, 0.25) is 0 Å². The van der Waals surface area contributed by atoms with Crippen LogP contribution in [0.2, 0.25) is 0 Å². The maximum atomic E-state index is 13.1. The van der Waals surface area contributed by atoms with Gasteiger partial charge in [-0.05, 0) is 6.07 Å². The number of nitrogens with one attached hydrogen (secondary N) is 1. The van der Waals surface area contributed by atoms with Gasteiger partial charge in [0.25, 0.3) is 5.69 Å². The molecule has 1 aromatic carbocycles. The molecular formula is C9H4BrF4N3O2. The van der Waals surface area contributed by atoms with E-state index in [1.165, 1.54) is 6.07 Å². The normalized spacial score (nSPS) is 12.3. The average molecular weight is 342 g/mol. The fourth-order valence-electron chi connectivity index (χ4n) is 1.47. The Bertz CT molecular complexity index is 658. The summed E-state index contributed by atoms with van der Waals surface area (Å²) in [5, 5.41) is 10.8.